The number of hydrogen-bond acceptors (Lipinski definition) is 1. The Bertz CT molecular complexity index is 295. The molecule has 1 aromatic carbocycles. The minimum absolute atomic E-state index is 0.391. The van der Waals surface area contributed by atoms with Gasteiger partial charge in [-0.2, -0.15) is 0 Å². The Morgan fingerprint density at radius 3 is 2.21 bits per heavy atom. The molecule has 1 nitrogen and oxygen atoms in total. The van der Waals surface area contributed by atoms with Crippen molar-refractivity contribution in [3.8, 4) is 0 Å². The van der Waals surface area contributed by atoms with Crippen LogP contribution in [0.25, 0.3) is 0 Å². The highest BCUT2D eigenvalue weighted by atomic mass is 28.2. The number of carbonyl (C=O) groups is 1. The van der Waals surface area contributed by atoms with Gasteiger partial charge in [0.1, 0.15) is 6.29 Å². The second-order valence-corrected chi connectivity index (χ2v) is 5.94. The van der Waals surface area contributed by atoms with E-state index in [1.54, 1.807) is 0 Å². The van der Waals surface area contributed by atoms with E-state index in [2.05, 4.69) is 20.8 Å². The molecule has 1 aromatic rings. The molecule has 0 fully saturated rings. The maximum atomic E-state index is 10.4. The van der Waals surface area contributed by atoms with Crippen molar-refractivity contribution in [3.05, 3.63) is 29.8 Å². The summed E-state index contributed by atoms with van der Waals surface area (Å²) >= 11 is 0. The van der Waals surface area contributed by atoms with Gasteiger partial charge in [0.05, 0.1) is 9.52 Å². The van der Waals surface area contributed by atoms with Gasteiger partial charge >= 0.3 is 0 Å². The van der Waals surface area contributed by atoms with Crippen LogP contribution in [-0.4, -0.2) is 15.8 Å². The monoisotopic (exact) mass is 204 g/mol. The fraction of sp³-hybridized carbons (Fsp3) is 0.417. The average Bonchev–Trinajstić information content (AvgIpc) is 2.14. The molecule has 0 heterocycles. The van der Waals surface area contributed by atoms with Crippen LogP contribution in [0, 0.1) is 5.41 Å². The molecular formula is C12H16OSi. The van der Waals surface area contributed by atoms with E-state index in [1.165, 1.54) is 11.2 Å². The van der Waals surface area contributed by atoms with Gasteiger partial charge in [-0.05, 0) is 5.41 Å². The quantitative estimate of drug-likeness (QED) is 0.545. The van der Waals surface area contributed by atoms with Gasteiger partial charge in [0, 0.05) is 5.56 Å². The van der Waals surface area contributed by atoms with Gasteiger partial charge < -0.3 is 0 Å². The smallest absolute Gasteiger partial charge is 0.150 e. The number of carbonyl (C=O) groups excluding carboxylic acids is 1. The van der Waals surface area contributed by atoms with E-state index < -0.39 is 0 Å². The van der Waals surface area contributed by atoms with Crippen LogP contribution in [0.4, 0.5) is 0 Å². The molecule has 0 saturated heterocycles. The summed E-state index contributed by atoms with van der Waals surface area (Å²) in [6, 6.07) is 9.07. The van der Waals surface area contributed by atoms with Crippen molar-refractivity contribution in [1.82, 2.24) is 0 Å². The van der Waals surface area contributed by atoms with Crippen molar-refractivity contribution < 1.29 is 4.79 Å². The second-order valence-electron chi connectivity index (χ2n) is 4.65. The third-order valence-electron chi connectivity index (χ3n) is 1.87. The number of rotatable bonds is 3. The van der Waals surface area contributed by atoms with Gasteiger partial charge in [-0.15, -0.1) is 0 Å². The molecule has 0 aliphatic rings. The molecule has 0 spiro atoms. The van der Waals surface area contributed by atoms with Crippen LogP contribution in [0.2, 0.25) is 6.04 Å². The lowest BCUT2D eigenvalue weighted by Gasteiger charge is -2.16. The van der Waals surface area contributed by atoms with E-state index >= 15 is 0 Å². The van der Waals surface area contributed by atoms with E-state index in [-0.39, 0.29) is 0 Å². The van der Waals surface area contributed by atoms with Crippen molar-refractivity contribution in [3.63, 3.8) is 0 Å². The van der Waals surface area contributed by atoms with E-state index in [9.17, 15) is 4.79 Å². The summed E-state index contributed by atoms with van der Waals surface area (Å²) in [5, 5.41) is 1.34. The van der Waals surface area contributed by atoms with Crippen LogP contribution in [0.3, 0.4) is 0 Å². The second kappa shape index (κ2) is 4.56. The highest BCUT2D eigenvalue weighted by Gasteiger charge is 2.10. The molecule has 0 unspecified atom stereocenters. The molecule has 2 heteroatoms. The van der Waals surface area contributed by atoms with Crippen molar-refractivity contribution >= 4 is 21.0 Å². The topological polar surface area (TPSA) is 17.1 Å². The molecule has 0 N–H and O–H groups in total. The van der Waals surface area contributed by atoms with Gasteiger partial charge in [-0.25, -0.2) is 0 Å². The minimum atomic E-state index is 0.391. The van der Waals surface area contributed by atoms with Crippen molar-refractivity contribution in [2.75, 3.05) is 0 Å². The molecule has 0 aromatic heterocycles. The van der Waals surface area contributed by atoms with Crippen LogP contribution in [0.1, 0.15) is 31.1 Å². The molecular weight excluding hydrogens is 188 g/mol. The summed E-state index contributed by atoms with van der Waals surface area (Å²) in [6.45, 7) is 6.75. The summed E-state index contributed by atoms with van der Waals surface area (Å²) in [4.78, 5) is 10.4. The molecule has 0 bridgehead atoms. The molecule has 1 rings (SSSR count). The Morgan fingerprint density at radius 2 is 1.79 bits per heavy atom. The summed E-state index contributed by atoms with van der Waals surface area (Å²) < 4.78 is 0. The van der Waals surface area contributed by atoms with E-state index in [0.29, 0.717) is 5.41 Å². The lowest BCUT2D eigenvalue weighted by Crippen LogP contribution is -2.19. The Morgan fingerprint density at radius 1 is 1.21 bits per heavy atom. The predicted molar refractivity (Wildman–Crippen MR) is 61.5 cm³/mol. The van der Waals surface area contributed by atoms with E-state index in [1.807, 2.05) is 24.3 Å². The van der Waals surface area contributed by atoms with Gasteiger partial charge in [0.2, 0.25) is 0 Å². The van der Waals surface area contributed by atoms with Crippen molar-refractivity contribution in [2.45, 2.75) is 26.8 Å². The summed E-state index contributed by atoms with van der Waals surface area (Å²) in [6.07, 6.45) is 0.886. The van der Waals surface area contributed by atoms with Gasteiger partial charge in [-0.3, -0.25) is 4.79 Å². The van der Waals surface area contributed by atoms with Crippen LogP contribution < -0.4 is 5.19 Å². The average molecular weight is 204 g/mol. The standard InChI is InChI=1S/C12H16OSi/c1-12(2,3)9-14-11-6-4-10(8-13)5-7-11/h4-8H,9H2,1-3H3. The maximum Gasteiger partial charge on any atom is 0.150 e. The zero-order valence-corrected chi connectivity index (χ0v) is 10.0. The Hall–Kier alpha value is -0.893. The largest absolute Gasteiger partial charge is 0.298 e. The third kappa shape index (κ3) is 3.88. The molecule has 74 valence electrons. The van der Waals surface area contributed by atoms with E-state index in [0.717, 1.165) is 21.4 Å². The molecule has 0 aliphatic carbocycles. The first-order valence-corrected chi connectivity index (χ1v) is 6.01. The molecule has 0 amide bonds. The normalized spacial score (nSPS) is 11.4. The fourth-order valence-electron chi connectivity index (χ4n) is 1.05. The highest BCUT2D eigenvalue weighted by molar-refractivity contribution is 6.53. The number of hydrogen-bond donors (Lipinski definition) is 0. The Labute approximate surface area is 88.4 Å². The summed E-state index contributed by atoms with van der Waals surface area (Å²) in [5.41, 5.74) is 1.15. The summed E-state index contributed by atoms with van der Waals surface area (Å²) in [7, 11) is 0.838. The lowest BCUT2D eigenvalue weighted by atomic mass is 10.0. The van der Waals surface area contributed by atoms with Crippen LogP contribution in [-0.2, 0) is 0 Å². The first-order chi connectivity index (χ1) is 6.51. The first kappa shape index (κ1) is 11.2. The molecule has 14 heavy (non-hydrogen) atoms. The first-order valence-electron chi connectivity index (χ1n) is 4.80. The van der Waals surface area contributed by atoms with Gasteiger partial charge in [0.25, 0.3) is 0 Å². The third-order valence-corrected chi connectivity index (χ3v) is 3.85. The maximum absolute atomic E-state index is 10.4. The SMILES string of the molecule is CC(C)(C)C[Si]c1ccc(C=O)cc1. The highest BCUT2D eigenvalue weighted by Crippen LogP contribution is 2.17. The number of benzene rings is 1. The zero-order chi connectivity index (χ0) is 10.6. The van der Waals surface area contributed by atoms with Crippen LogP contribution >= 0.6 is 0 Å². The molecule has 0 aliphatic heterocycles. The Balaban J connectivity index is 2.56. The fourth-order valence-corrected chi connectivity index (χ4v) is 2.18. The zero-order valence-electron chi connectivity index (χ0n) is 9.00. The van der Waals surface area contributed by atoms with Crippen molar-refractivity contribution in [1.29, 1.82) is 0 Å². The van der Waals surface area contributed by atoms with Crippen LogP contribution in [0.15, 0.2) is 24.3 Å². The molecule has 0 atom stereocenters. The van der Waals surface area contributed by atoms with Crippen molar-refractivity contribution in [2.24, 2.45) is 5.41 Å². The van der Waals surface area contributed by atoms with Gasteiger partial charge in [-0.1, -0.05) is 56.3 Å². The summed E-state index contributed by atoms with van der Waals surface area (Å²) in [5.74, 6) is 0. The molecule has 2 radical (unpaired) electrons. The van der Waals surface area contributed by atoms with Gasteiger partial charge in [0.15, 0.2) is 0 Å². The molecule has 0 saturated carbocycles. The lowest BCUT2D eigenvalue weighted by molar-refractivity contribution is 0.112. The van der Waals surface area contributed by atoms with Crippen LogP contribution in [0.5, 0.6) is 0 Å². The minimum Gasteiger partial charge on any atom is -0.298 e. The Kier molecular flexibility index (Phi) is 3.64. The number of aldehydes is 1. The van der Waals surface area contributed by atoms with E-state index in [4.69, 9.17) is 0 Å². The predicted octanol–water partition coefficient (Wildman–Crippen LogP) is 2.29.